The number of benzene rings is 8. The predicted octanol–water partition coefficient (Wildman–Crippen LogP) is 14.0. The molecule has 0 fully saturated rings. The summed E-state index contributed by atoms with van der Waals surface area (Å²) < 4.78 is 77.1. The third kappa shape index (κ3) is 6.62. The molecule has 0 bridgehead atoms. The maximum Gasteiger partial charge on any atom is 0.534 e. The summed E-state index contributed by atoms with van der Waals surface area (Å²) in [5.41, 5.74) is -1.27. The second kappa shape index (κ2) is 14.5. The molecule has 1 aromatic heterocycles. The van der Waals surface area contributed by atoms with E-state index in [0.29, 0.717) is 22.7 Å². The molecule has 0 radical (unpaired) electrons. The van der Waals surface area contributed by atoms with Crippen molar-refractivity contribution in [2.75, 3.05) is 9.80 Å². The molecule has 9 rings (SSSR count). The average Bonchev–Trinajstić information content (AvgIpc) is 3.61. The number of rotatable bonds is 9. The summed E-state index contributed by atoms with van der Waals surface area (Å²) in [5.74, 6) is -0.504. The normalized spacial score (nSPS) is 11.9. The monoisotopic (exact) mass is 792 g/mol. The minimum atomic E-state index is -6.18. The van der Waals surface area contributed by atoms with E-state index in [1.807, 2.05) is 115 Å². The fourth-order valence-corrected chi connectivity index (χ4v) is 8.92. The molecule has 1 heterocycles. The van der Waals surface area contributed by atoms with Crippen LogP contribution in [0.25, 0.3) is 42.1 Å². The fourth-order valence-electron chi connectivity index (χ4n) is 7.30. The molecule has 0 aliphatic rings. The minimum absolute atomic E-state index is 0.0789. The van der Waals surface area contributed by atoms with Crippen LogP contribution < -0.4 is 14.0 Å². The largest absolute Gasteiger partial charge is 0.534 e. The Bertz CT molecular complexity index is 2970. The summed E-state index contributed by atoms with van der Waals surface area (Å²) in [6.07, 6.45) is 0. The van der Waals surface area contributed by atoms with Gasteiger partial charge >= 0.3 is 15.6 Å². The van der Waals surface area contributed by atoms with Gasteiger partial charge in [0.1, 0.15) is 0 Å². The van der Waals surface area contributed by atoms with Crippen molar-refractivity contribution in [3.05, 3.63) is 188 Å². The second-order valence-electron chi connectivity index (χ2n) is 13.3. The van der Waals surface area contributed by atoms with Crippen molar-refractivity contribution in [1.82, 2.24) is 0 Å². The van der Waals surface area contributed by atoms with Gasteiger partial charge in [0.2, 0.25) is 0 Å². The number of alkyl halides is 3. The average molecular weight is 793 g/mol. The highest BCUT2D eigenvalue weighted by Crippen LogP contribution is 2.52. The van der Waals surface area contributed by atoms with Gasteiger partial charge in [-0.2, -0.15) is 21.6 Å². The summed E-state index contributed by atoms with van der Waals surface area (Å²) >= 11 is 1.60. The summed E-state index contributed by atoms with van der Waals surface area (Å²) in [7, 11) is -6.18. The van der Waals surface area contributed by atoms with Gasteiger partial charge in [-0.05, 0) is 77.2 Å². The molecule has 10 heteroatoms. The van der Waals surface area contributed by atoms with E-state index in [9.17, 15) is 21.6 Å². The molecule has 0 aliphatic carbocycles. The van der Waals surface area contributed by atoms with Crippen LogP contribution in [0.3, 0.4) is 0 Å². The zero-order valence-electron chi connectivity index (χ0n) is 30.0. The van der Waals surface area contributed by atoms with E-state index in [4.69, 9.17) is 4.18 Å². The second-order valence-corrected chi connectivity index (χ2v) is 15.9. The quantitative estimate of drug-likeness (QED) is 0.108. The van der Waals surface area contributed by atoms with Crippen LogP contribution in [-0.2, 0) is 10.1 Å². The highest BCUT2D eigenvalue weighted by Gasteiger charge is 2.49. The van der Waals surface area contributed by atoms with Crippen molar-refractivity contribution in [2.45, 2.75) is 5.51 Å². The van der Waals surface area contributed by atoms with Crippen LogP contribution in [0.15, 0.2) is 188 Å². The van der Waals surface area contributed by atoms with Crippen LogP contribution in [0, 0.1) is 0 Å². The zero-order chi connectivity index (χ0) is 39.1. The minimum Gasteiger partial charge on any atom is -0.371 e. The van der Waals surface area contributed by atoms with E-state index in [1.165, 1.54) is 0 Å². The van der Waals surface area contributed by atoms with Crippen molar-refractivity contribution < 1.29 is 25.8 Å². The van der Waals surface area contributed by atoms with Crippen LogP contribution in [-0.4, -0.2) is 13.9 Å². The highest BCUT2D eigenvalue weighted by molar-refractivity contribution is 7.88. The van der Waals surface area contributed by atoms with Gasteiger partial charge in [-0.25, -0.2) is 0 Å². The van der Waals surface area contributed by atoms with Crippen molar-refractivity contribution >= 4 is 86.5 Å². The predicted molar refractivity (Wildman–Crippen MR) is 227 cm³/mol. The number of hydrogen-bond donors (Lipinski definition) is 0. The maximum absolute atomic E-state index is 14.4. The van der Waals surface area contributed by atoms with Gasteiger partial charge in [-0.1, -0.05) is 127 Å². The first-order chi connectivity index (χ1) is 27.7. The molecule has 280 valence electrons. The van der Waals surface area contributed by atoms with Crippen LogP contribution in [0.2, 0.25) is 0 Å². The standard InChI is InChI=1S/C47H31F3N2O3S2/c48-47(49,50)57(53,54)55-46-42(51(33-17-6-2-7-18-33)34-19-8-3-9-20-34)24-14-25-43(46)52(35-27-28-40-39-23-12-13-26-44(39)56-45(40)31-35)41-30-29-36(32-15-4-1-5-16-32)37-21-10-11-22-38(37)41/h1-31H. The number of halogens is 3. The summed E-state index contributed by atoms with van der Waals surface area (Å²) in [5, 5.41) is 3.78. The molecular formula is C47H31F3N2O3S2. The first-order valence-electron chi connectivity index (χ1n) is 18.0. The molecule has 57 heavy (non-hydrogen) atoms. The van der Waals surface area contributed by atoms with Crippen LogP contribution in [0.1, 0.15) is 0 Å². The third-order valence-electron chi connectivity index (χ3n) is 9.81. The topological polar surface area (TPSA) is 49.9 Å². The van der Waals surface area contributed by atoms with Crippen molar-refractivity contribution in [2.24, 2.45) is 0 Å². The molecule has 5 nitrogen and oxygen atoms in total. The Morgan fingerprint density at radius 1 is 0.456 bits per heavy atom. The highest BCUT2D eigenvalue weighted by atomic mass is 32.2. The van der Waals surface area contributed by atoms with Crippen LogP contribution in [0.5, 0.6) is 5.75 Å². The lowest BCUT2D eigenvalue weighted by Crippen LogP contribution is -2.29. The lowest BCUT2D eigenvalue weighted by atomic mass is 9.96. The van der Waals surface area contributed by atoms with Crippen molar-refractivity contribution in [3.8, 4) is 16.9 Å². The summed E-state index contributed by atoms with van der Waals surface area (Å²) in [4.78, 5) is 3.48. The van der Waals surface area contributed by atoms with Gasteiger partial charge in [0.25, 0.3) is 0 Å². The number of anilines is 6. The number of fused-ring (bicyclic) bond motifs is 4. The van der Waals surface area contributed by atoms with E-state index < -0.39 is 21.4 Å². The van der Waals surface area contributed by atoms with Gasteiger partial charge in [0.15, 0.2) is 5.75 Å². The van der Waals surface area contributed by atoms with Gasteiger partial charge in [0, 0.05) is 42.6 Å². The lowest BCUT2D eigenvalue weighted by molar-refractivity contribution is -0.0499. The van der Waals surface area contributed by atoms with Gasteiger partial charge in [-0.15, -0.1) is 11.3 Å². The molecule has 0 saturated carbocycles. The first kappa shape index (κ1) is 36.0. The number of nitrogens with zero attached hydrogens (tertiary/aromatic N) is 2. The smallest absolute Gasteiger partial charge is 0.371 e. The third-order valence-corrected chi connectivity index (χ3v) is 11.9. The molecule has 0 unspecified atom stereocenters. The summed E-state index contributed by atoms with van der Waals surface area (Å²) in [6.45, 7) is 0. The molecular weight excluding hydrogens is 762 g/mol. The maximum atomic E-state index is 14.4. The van der Waals surface area contributed by atoms with Crippen LogP contribution >= 0.6 is 11.3 Å². The fraction of sp³-hybridized carbons (Fsp3) is 0.0213. The molecule has 0 amide bonds. The molecule has 0 N–H and O–H groups in total. The van der Waals surface area contributed by atoms with Gasteiger partial charge in [-0.3, -0.25) is 0 Å². The molecule has 0 saturated heterocycles. The molecule has 9 aromatic rings. The van der Waals surface area contributed by atoms with E-state index in [0.717, 1.165) is 42.1 Å². The Balaban J connectivity index is 1.37. The van der Waals surface area contributed by atoms with Crippen molar-refractivity contribution in [3.63, 3.8) is 0 Å². The Morgan fingerprint density at radius 3 is 1.65 bits per heavy atom. The Hall–Kier alpha value is -6.62. The SMILES string of the molecule is O=S(=O)(Oc1c(N(c2ccccc2)c2ccccc2)cccc1N(c1ccc2c(c1)sc1ccccc12)c1ccc(-c2ccccc2)c2ccccc12)C(F)(F)F. The van der Waals surface area contributed by atoms with Gasteiger partial charge in [0.05, 0.1) is 17.1 Å². The lowest BCUT2D eigenvalue weighted by Gasteiger charge is -2.32. The number of para-hydroxylation sites is 3. The summed E-state index contributed by atoms with van der Waals surface area (Å²) in [6, 6.07) is 58.5. The Labute approximate surface area is 331 Å². The van der Waals surface area contributed by atoms with Crippen molar-refractivity contribution in [1.29, 1.82) is 0 Å². The van der Waals surface area contributed by atoms with E-state index in [2.05, 4.69) is 6.07 Å². The molecule has 8 aromatic carbocycles. The zero-order valence-corrected chi connectivity index (χ0v) is 31.6. The van der Waals surface area contributed by atoms with E-state index in [-0.39, 0.29) is 11.4 Å². The Morgan fingerprint density at radius 2 is 1.00 bits per heavy atom. The molecule has 0 aliphatic heterocycles. The molecule has 0 spiro atoms. The Kier molecular flexibility index (Phi) is 9.15. The number of hydrogen-bond acceptors (Lipinski definition) is 6. The van der Waals surface area contributed by atoms with Crippen LogP contribution in [0.4, 0.5) is 47.3 Å². The van der Waals surface area contributed by atoms with E-state index >= 15 is 0 Å². The first-order valence-corrected chi connectivity index (χ1v) is 20.2. The molecule has 0 atom stereocenters. The van der Waals surface area contributed by atoms with Gasteiger partial charge < -0.3 is 14.0 Å². The van der Waals surface area contributed by atoms with E-state index in [1.54, 1.807) is 87.9 Å². The number of thiophene rings is 1.